The molecular weight excluding hydrogens is 544 g/mol. The molecule has 2 nitrogen and oxygen atoms in total. The zero-order valence-corrected chi connectivity index (χ0v) is 30.8. The van der Waals surface area contributed by atoms with Crippen LogP contribution in [0.4, 0.5) is 11.4 Å². The summed E-state index contributed by atoms with van der Waals surface area (Å²) in [6.45, 7) is 16.0. The van der Waals surface area contributed by atoms with Crippen LogP contribution >= 0.6 is 0 Å². The zero-order chi connectivity index (χ0) is 32.7. The molecule has 2 aromatic carbocycles. The van der Waals surface area contributed by atoms with Gasteiger partial charge in [0.25, 0.3) is 0 Å². The molecule has 0 saturated carbocycles. The Balaban J connectivity index is 2.36. The van der Waals surface area contributed by atoms with Gasteiger partial charge in [-0.2, -0.15) is 0 Å². The highest BCUT2D eigenvalue weighted by Gasteiger charge is 2.12. The van der Waals surface area contributed by atoms with Crippen molar-refractivity contribution in [3.8, 4) is 0 Å². The van der Waals surface area contributed by atoms with Gasteiger partial charge in [-0.1, -0.05) is 112 Å². The summed E-state index contributed by atoms with van der Waals surface area (Å²) in [6, 6.07) is 9.54. The summed E-state index contributed by atoms with van der Waals surface area (Å²) in [5.41, 5.74) is 12.5. The summed E-state index contributed by atoms with van der Waals surface area (Å²) in [4.78, 5) is 10.2. The standard InChI is InChI=1S/C43H70N2/c1-8-14-19-21-22-23-28-37-31-40(30-36(25-16-10-3)42(37)13-6)44-34-35(7)45-41-32-38(26-17-11-4)43(29-24-20-15-9-2)39(33-41)27-18-12-5/h30-34H,8-29H2,1-7H3. The molecule has 0 fully saturated rings. The number of benzene rings is 2. The van der Waals surface area contributed by atoms with E-state index in [2.05, 4.69) is 72.7 Å². The average Bonchev–Trinajstić information content (AvgIpc) is 3.04. The number of aryl methyl sites for hydroxylation is 4. The fraction of sp³-hybridized carbons (Fsp3) is 0.674. The van der Waals surface area contributed by atoms with Gasteiger partial charge in [0.2, 0.25) is 0 Å². The third-order valence-electron chi connectivity index (χ3n) is 9.38. The van der Waals surface area contributed by atoms with E-state index in [0.717, 1.165) is 29.9 Å². The van der Waals surface area contributed by atoms with Crippen LogP contribution in [0.5, 0.6) is 0 Å². The average molecular weight is 615 g/mol. The molecule has 2 rings (SSSR count). The molecule has 0 amide bonds. The first-order valence-corrected chi connectivity index (χ1v) is 19.4. The number of aliphatic imine (C=N–C) groups is 2. The molecule has 252 valence electrons. The van der Waals surface area contributed by atoms with Crippen molar-refractivity contribution in [2.45, 2.75) is 190 Å². The minimum atomic E-state index is 0.987. The van der Waals surface area contributed by atoms with E-state index in [-0.39, 0.29) is 0 Å². The molecule has 0 aromatic heterocycles. The third kappa shape index (κ3) is 14.8. The second-order valence-electron chi connectivity index (χ2n) is 13.5. The van der Waals surface area contributed by atoms with Gasteiger partial charge in [0.1, 0.15) is 0 Å². The Hall–Kier alpha value is -2.22. The van der Waals surface area contributed by atoms with E-state index in [9.17, 15) is 0 Å². The largest absolute Gasteiger partial charge is 0.255 e. The Morgan fingerprint density at radius 1 is 0.467 bits per heavy atom. The van der Waals surface area contributed by atoms with Crippen molar-refractivity contribution >= 4 is 23.3 Å². The van der Waals surface area contributed by atoms with Crippen molar-refractivity contribution in [2.24, 2.45) is 9.98 Å². The quantitative estimate of drug-likeness (QED) is 0.0785. The molecule has 45 heavy (non-hydrogen) atoms. The third-order valence-corrected chi connectivity index (χ3v) is 9.38. The minimum absolute atomic E-state index is 0.987. The lowest BCUT2D eigenvalue weighted by atomic mass is 9.90. The molecule has 0 unspecified atom stereocenters. The smallest absolute Gasteiger partial charge is 0.0639 e. The van der Waals surface area contributed by atoms with Gasteiger partial charge in [-0.25, -0.2) is 0 Å². The van der Waals surface area contributed by atoms with Crippen molar-refractivity contribution in [1.82, 2.24) is 0 Å². The molecule has 0 bridgehead atoms. The Kier molecular flexibility index (Phi) is 20.8. The Bertz CT molecular complexity index is 1110. The molecule has 0 heterocycles. The molecule has 2 aromatic rings. The van der Waals surface area contributed by atoms with Crippen molar-refractivity contribution < 1.29 is 0 Å². The van der Waals surface area contributed by atoms with Crippen LogP contribution in [0.15, 0.2) is 34.3 Å². The van der Waals surface area contributed by atoms with E-state index >= 15 is 0 Å². The summed E-state index contributed by atoms with van der Waals surface area (Å²) < 4.78 is 0. The Morgan fingerprint density at radius 2 is 0.867 bits per heavy atom. The van der Waals surface area contributed by atoms with E-state index < -0.39 is 0 Å². The first-order valence-electron chi connectivity index (χ1n) is 19.4. The highest BCUT2D eigenvalue weighted by molar-refractivity contribution is 6.30. The lowest BCUT2D eigenvalue weighted by Gasteiger charge is -2.17. The van der Waals surface area contributed by atoms with Crippen LogP contribution < -0.4 is 0 Å². The first kappa shape index (κ1) is 39.0. The van der Waals surface area contributed by atoms with Crippen LogP contribution in [0.2, 0.25) is 0 Å². The maximum absolute atomic E-state index is 5.14. The van der Waals surface area contributed by atoms with Crippen LogP contribution in [-0.2, 0) is 38.5 Å². The van der Waals surface area contributed by atoms with E-state index in [0.29, 0.717) is 0 Å². The van der Waals surface area contributed by atoms with E-state index in [1.54, 1.807) is 22.3 Å². The van der Waals surface area contributed by atoms with Gasteiger partial charge in [0.05, 0.1) is 17.1 Å². The normalized spacial score (nSPS) is 12.1. The van der Waals surface area contributed by atoms with Crippen molar-refractivity contribution in [1.29, 1.82) is 0 Å². The molecule has 0 spiro atoms. The van der Waals surface area contributed by atoms with Crippen LogP contribution in [0.1, 0.15) is 185 Å². The van der Waals surface area contributed by atoms with Gasteiger partial charge in [-0.05, 0) is 135 Å². The molecule has 0 aliphatic rings. The van der Waals surface area contributed by atoms with Gasteiger partial charge in [0, 0.05) is 6.21 Å². The second kappa shape index (κ2) is 24.0. The van der Waals surface area contributed by atoms with Crippen molar-refractivity contribution in [3.05, 3.63) is 57.6 Å². The highest BCUT2D eigenvalue weighted by atomic mass is 14.8. The zero-order valence-electron chi connectivity index (χ0n) is 30.8. The molecule has 0 N–H and O–H groups in total. The highest BCUT2D eigenvalue weighted by Crippen LogP contribution is 2.29. The molecule has 0 atom stereocenters. The fourth-order valence-electron chi connectivity index (χ4n) is 6.69. The molecule has 0 aliphatic heterocycles. The Morgan fingerprint density at radius 3 is 1.38 bits per heavy atom. The predicted molar refractivity (Wildman–Crippen MR) is 204 cm³/mol. The number of nitrogens with zero attached hydrogens (tertiary/aromatic N) is 2. The molecule has 0 saturated heterocycles. The fourth-order valence-corrected chi connectivity index (χ4v) is 6.69. The Labute approximate surface area is 280 Å². The van der Waals surface area contributed by atoms with Crippen LogP contribution in [0, 0.1) is 0 Å². The number of hydrogen-bond donors (Lipinski definition) is 0. The monoisotopic (exact) mass is 615 g/mol. The van der Waals surface area contributed by atoms with Crippen molar-refractivity contribution in [2.75, 3.05) is 0 Å². The summed E-state index contributed by atoms with van der Waals surface area (Å²) in [6.07, 6.45) is 29.8. The first-order chi connectivity index (χ1) is 22.0. The maximum atomic E-state index is 5.14. The summed E-state index contributed by atoms with van der Waals surface area (Å²) in [5, 5.41) is 0. The lowest BCUT2D eigenvalue weighted by Crippen LogP contribution is -2.03. The van der Waals surface area contributed by atoms with Gasteiger partial charge in [-0.15, -0.1) is 0 Å². The summed E-state index contributed by atoms with van der Waals surface area (Å²) in [7, 11) is 0. The van der Waals surface area contributed by atoms with E-state index in [4.69, 9.17) is 9.98 Å². The van der Waals surface area contributed by atoms with Gasteiger partial charge in [0.15, 0.2) is 0 Å². The predicted octanol–water partition coefficient (Wildman–Crippen LogP) is 13.8. The number of rotatable bonds is 25. The van der Waals surface area contributed by atoms with Gasteiger partial charge in [-0.3, -0.25) is 9.98 Å². The van der Waals surface area contributed by atoms with E-state index in [1.807, 2.05) is 6.21 Å². The lowest BCUT2D eigenvalue weighted by molar-refractivity contribution is 0.606. The van der Waals surface area contributed by atoms with Gasteiger partial charge >= 0.3 is 0 Å². The second-order valence-corrected chi connectivity index (χ2v) is 13.5. The van der Waals surface area contributed by atoms with Gasteiger partial charge < -0.3 is 0 Å². The SMILES string of the molecule is CCCCCCCCc1cc(N=CC(C)=Nc2cc(CCCC)c(CCCCCC)c(CCCC)c2)cc(CCCC)c1CC. The molecule has 0 radical (unpaired) electrons. The van der Waals surface area contributed by atoms with Crippen molar-refractivity contribution in [3.63, 3.8) is 0 Å². The summed E-state index contributed by atoms with van der Waals surface area (Å²) in [5.74, 6) is 0. The number of hydrogen-bond acceptors (Lipinski definition) is 2. The van der Waals surface area contributed by atoms with Crippen LogP contribution in [-0.4, -0.2) is 11.9 Å². The topological polar surface area (TPSA) is 24.7 Å². The molecule has 0 aliphatic carbocycles. The summed E-state index contributed by atoms with van der Waals surface area (Å²) >= 11 is 0. The van der Waals surface area contributed by atoms with Crippen LogP contribution in [0.3, 0.4) is 0 Å². The van der Waals surface area contributed by atoms with Crippen LogP contribution in [0.25, 0.3) is 0 Å². The van der Waals surface area contributed by atoms with E-state index in [1.165, 1.54) is 140 Å². The molecule has 2 heteroatoms. The maximum Gasteiger partial charge on any atom is 0.0639 e. The number of unbranched alkanes of at least 4 members (excludes halogenated alkanes) is 11. The minimum Gasteiger partial charge on any atom is -0.255 e. The molecular formula is C43H70N2.